The van der Waals surface area contributed by atoms with E-state index in [-0.39, 0.29) is 0 Å². The predicted octanol–water partition coefficient (Wildman–Crippen LogP) is 3.87. The van der Waals surface area contributed by atoms with Crippen LogP contribution in [0.1, 0.15) is 44.2 Å². The molecule has 2 atom stereocenters. The summed E-state index contributed by atoms with van der Waals surface area (Å²) in [5.41, 5.74) is 1.34. The van der Waals surface area contributed by atoms with Crippen molar-refractivity contribution in [3.05, 3.63) is 34.9 Å². The van der Waals surface area contributed by atoms with Gasteiger partial charge in [0.1, 0.15) is 0 Å². The number of benzene rings is 1. The van der Waals surface area contributed by atoms with Gasteiger partial charge in [0.05, 0.1) is 0 Å². The first kappa shape index (κ1) is 14.8. The minimum absolute atomic E-state index is 0.445. The molecule has 1 saturated heterocycles. The summed E-state index contributed by atoms with van der Waals surface area (Å²) in [7, 11) is 2.21. The lowest BCUT2D eigenvalue weighted by atomic mass is 10.0. The molecule has 0 saturated carbocycles. The molecule has 0 aromatic heterocycles. The van der Waals surface area contributed by atoms with Gasteiger partial charge in [-0.05, 0) is 64.0 Å². The van der Waals surface area contributed by atoms with Crippen LogP contribution in [-0.4, -0.2) is 31.1 Å². The van der Waals surface area contributed by atoms with E-state index in [0.717, 1.165) is 11.6 Å². The Hall–Kier alpha value is -0.570. The molecule has 0 radical (unpaired) electrons. The highest BCUT2D eigenvalue weighted by Gasteiger charge is 2.16. The van der Waals surface area contributed by atoms with Crippen molar-refractivity contribution in [2.75, 3.05) is 20.1 Å². The molecule has 106 valence electrons. The van der Waals surface area contributed by atoms with Gasteiger partial charge in [0.25, 0.3) is 0 Å². The van der Waals surface area contributed by atoms with Gasteiger partial charge in [0.2, 0.25) is 0 Å². The molecule has 0 aliphatic carbocycles. The fraction of sp³-hybridized carbons (Fsp3) is 0.625. The quantitative estimate of drug-likeness (QED) is 0.881. The monoisotopic (exact) mass is 280 g/mol. The van der Waals surface area contributed by atoms with Gasteiger partial charge in [-0.25, -0.2) is 0 Å². The summed E-state index contributed by atoms with van der Waals surface area (Å²) in [4.78, 5) is 2.43. The normalized spacial score (nSPS) is 21.6. The molecule has 1 heterocycles. The Bertz CT molecular complexity index is 371. The molecular formula is C16H25ClN2. The molecule has 2 rings (SSSR count). The molecule has 19 heavy (non-hydrogen) atoms. The van der Waals surface area contributed by atoms with Gasteiger partial charge in [-0.1, -0.05) is 30.2 Å². The van der Waals surface area contributed by atoms with E-state index in [1.165, 1.54) is 37.8 Å². The molecule has 1 aliphatic heterocycles. The van der Waals surface area contributed by atoms with Crippen molar-refractivity contribution in [2.45, 2.75) is 44.7 Å². The molecule has 1 N–H and O–H groups in total. The third-order valence-corrected chi connectivity index (χ3v) is 4.51. The predicted molar refractivity (Wildman–Crippen MR) is 82.8 cm³/mol. The minimum atomic E-state index is 0.445. The van der Waals surface area contributed by atoms with Crippen molar-refractivity contribution in [2.24, 2.45) is 0 Å². The van der Waals surface area contributed by atoms with E-state index in [1.807, 2.05) is 12.1 Å². The third kappa shape index (κ3) is 4.48. The molecule has 1 aromatic carbocycles. The second-order valence-electron chi connectivity index (χ2n) is 5.64. The molecule has 1 aromatic rings. The largest absolute Gasteiger partial charge is 0.314 e. The maximum absolute atomic E-state index is 5.94. The first-order valence-electron chi connectivity index (χ1n) is 7.36. The molecule has 2 unspecified atom stereocenters. The standard InChI is InChI=1S/C16H25ClN2/c1-13(14-6-8-15(17)9-7-14)19(2)12-10-16-5-3-4-11-18-16/h6-9,13,16,18H,3-5,10-12H2,1-2H3. The van der Waals surface area contributed by atoms with Gasteiger partial charge < -0.3 is 5.32 Å². The molecule has 1 aliphatic rings. The molecule has 0 spiro atoms. The van der Waals surface area contributed by atoms with Crippen LogP contribution in [0, 0.1) is 0 Å². The second kappa shape index (κ2) is 7.28. The van der Waals surface area contributed by atoms with E-state index in [0.29, 0.717) is 12.1 Å². The second-order valence-corrected chi connectivity index (χ2v) is 6.08. The highest BCUT2D eigenvalue weighted by molar-refractivity contribution is 6.30. The van der Waals surface area contributed by atoms with E-state index in [2.05, 4.69) is 36.3 Å². The summed E-state index contributed by atoms with van der Waals surface area (Å²) in [5.74, 6) is 0. The lowest BCUT2D eigenvalue weighted by Gasteiger charge is -2.29. The number of hydrogen-bond acceptors (Lipinski definition) is 2. The number of hydrogen-bond donors (Lipinski definition) is 1. The maximum atomic E-state index is 5.94. The Morgan fingerprint density at radius 2 is 2.05 bits per heavy atom. The molecule has 3 heteroatoms. The van der Waals surface area contributed by atoms with Crippen molar-refractivity contribution in [3.8, 4) is 0 Å². The zero-order valence-electron chi connectivity index (χ0n) is 12.0. The van der Waals surface area contributed by atoms with Crippen LogP contribution in [0.5, 0.6) is 0 Å². The molecule has 0 bridgehead atoms. The van der Waals surface area contributed by atoms with Gasteiger partial charge >= 0.3 is 0 Å². The molecule has 2 nitrogen and oxygen atoms in total. The van der Waals surface area contributed by atoms with Crippen molar-refractivity contribution in [1.82, 2.24) is 10.2 Å². The summed E-state index contributed by atoms with van der Waals surface area (Å²) in [6.45, 7) is 4.60. The summed E-state index contributed by atoms with van der Waals surface area (Å²) in [6, 6.07) is 9.37. The summed E-state index contributed by atoms with van der Waals surface area (Å²) in [6.07, 6.45) is 5.30. The lowest BCUT2D eigenvalue weighted by molar-refractivity contribution is 0.236. The topological polar surface area (TPSA) is 15.3 Å². The SMILES string of the molecule is CC(c1ccc(Cl)cc1)N(C)CCC1CCCCN1. The van der Waals surface area contributed by atoms with Crippen LogP contribution in [0.25, 0.3) is 0 Å². The third-order valence-electron chi connectivity index (χ3n) is 4.26. The molecule has 1 fully saturated rings. The maximum Gasteiger partial charge on any atom is 0.0406 e. The number of rotatable bonds is 5. The van der Waals surface area contributed by atoms with Crippen LogP contribution in [-0.2, 0) is 0 Å². The van der Waals surface area contributed by atoms with Crippen molar-refractivity contribution in [1.29, 1.82) is 0 Å². The lowest BCUT2D eigenvalue weighted by Crippen LogP contribution is -2.37. The first-order chi connectivity index (χ1) is 9.16. The van der Waals surface area contributed by atoms with Crippen molar-refractivity contribution < 1.29 is 0 Å². The average molecular weight is 281 g/mol. The Morgan fingerprint density at radius 3 is 2.68 bits per heavy atom. The van der Waals surface area contributed by atoms with Crippen molar-refractivity contribution in [3.63, 3.8) is 0 Å². The van der Waals surface area contributed by atoms with Crippen LogP contribution < -0.4 is 5.32 Å². The van der Waals surface area contributed by atoms with Crippen LogP contribution in [0.15, 0.2) is 24.3 Å². The van der Waals surface area contributed by atoms with Crippen molar-refractivity contribution >= 4 is 11.6 Å². The fourth-order valence-corrected chi connectivity index (χ4v) is 2.85. The van der Waals surface area contributed by atoms with Gasteiger partial charge in [0.15, 0.2) is 0 Å². The van der Waals surface area contributed by atoms with E-state index in [1.54, 1.807) is 0 Å². The smallest absolute Gasteiger partial charge is 0.0406 e. The van der Waals surface area contributed by atoms with Gasteiger partial charge in [0, 0.05) is 17.1 Å². The van der Waals surface area contributed by atoms with Crippen LogP contribution >= 0.6 is 11.6 Å². The zero-order chi connectivity index (χ0) is 13.7. The van der Waals surface area contributed by atoms with Gasteiger partial charge in [-0.3, -0.25) is 4.90 Å². The van der Waals surface area contributed by atoms with Crippen LogP contribution in [0.2, 0.25) is 5.02 Å². The van der Waals surface area contributed by atoms with Gasteiger partial charge in [-0.2, -0.15) is 0 Å². The fourth-order valence-electron chi connectivity index (χ4n) is 2.72. The average Bonchev–Trinajstić information content (AvgIpc) is 2.46. The highest BCUT2D eigenvalue weighted by atomic mass is 35.5. The Labute approximate surface area is 122 Å². The Morgan fingerprint density at radius 1 is 1.32 bits per heavy atom. The Balaban J connectivity index is 1.81. The number of nitrogens with zero attached hydrogens (tertiary/aromatic N) is 1. The van der Waals surface area contributed by atoms with E-state index >= 15 is 0 Å². The highest BCUT2D eigenvalue weighted by Crippen LogP contribution is 2.21. The Kier molecular flexibility index (Phi) is 5.68. The van der Waals surface area contributed by atoms with E-state index in [9.17, 15) is 0 Å². The van der Waals surface area contributed by atoms with E-state index in [4.69, 9.17) is 11.6 Å². The minimum Gasteiger partial charge on any atom is -0.314 e. The summed E-state index contributed by atoms with van der Waals surface area (Å²) >= 11 is 5.94. The summed E-state index contributed by atoms with van der Waals surface area (Å²) in [5, 5.41) is 4.43. The zero-order valence-corrected chi connectivity index (χ0v) is 12.8. The number of nitrogens with one attached hydrogen (secondary N) is 1. The van der Waals surface area contributed by atoms with Gasteiger partial charge in [-0.15, -0.1) is 0 Å². The van der Waals surface area contributed by atoms with Crippen LogP contribution in [0.4, 0.5) is 0 Å². The van der Waals surface area contributed by atoms with Crippen LogP contribution in [0.3, 0.4) is 0 Å². The van der Waals surface area contributed by atoms with E-state index < -0.39 is 0 Å². The molecular weight excluding hydrogens is 256 g/mol. The number of piperidine rings is 1. The first-order valence-corrected chi connectivity index (χ1v) is 7.73. The summed E-state index contributed by atoms with van der Waals surface area (Å²) < 4.78 is 0. The molecule has 0 amide bonds. The number of halogens is 1.